The Labute approximate surface area is 196 Å². The summed E-state index contributed by atoms with van der Waals surface area (Å²) in [5.74, 6) is -0.0914. The van der Waals surface area contributed by atoms with E-state index < -0.39 is 30.3 Å². The minimum atomic E-state index is -4.53. The van der Waals surface area contributed by atoms with Crippen LogP contribution >= 0.6 is 11.6 Å². The lowest BCUT2D eigenvalue weighted by atomic mass is 10.1. The Balaban J connectivity index is 2.05. The topological polar surface area (TPSA) is 91.5 Å². The molecule has 7 nitrogen and oxygen atoms in total. The van der Waals surface area contributed by atoms with E-state index in [4.69, 9.17) is 11.6 Å². The number of aliphatic hydroxyl groups excluding tert-OH is 2. The van der Waals surface area contributed by atoms with Gasteiger partial charge in [0.2, 0.25) is 5.95 Å². The third-order valence-corrected chi connectivity index (χ3v) is 5.38. The van der Waals surface area contributed by atoms with Crippen LogP contribution in [0.2, 0.25) is 5.02 Å². The normalized spacial score (nSPS) is 12.7. The van der Waals surface area contributed by atoms with Crippen molar-refractivity contribution < 1.29 is 23.4 Å². The number of hydrogen-bond acceptors (Lipinski definition) is 6. The van der Waals surface area contributed by atoms with Crippen LogP contribution < -0.4 is 10.5 Å². The molecule has 0 aliphatic carbocycles. The first-order valence-corrected chi connectivity index (χ1v) is 10.4. The zero-order valence-electron chi connectivity index (χ0n) is 17.7. The number of pyridine rings is 1. The van der Waals surface area contributed by atoms with Gasteiger partial charge in [-0.3, -0.25) is 14.3 Å². The molecule has 0 bridgehead atoms. The summed E-state index contributed by atoms with van der Waals surface area (Å²) in [4.78, 5) is 22.8. The molecule has 0 aliphatic rings. The number of hydrogen-bond donors (Lipinski definition) is 2. The zero-order valence-corrected chi connectivity index (χ0v) is 18.4. The summed E-state index contributed by atoms with van der Waals surface area (Å²) in [6.07, 6.45) is -5.71. The Hall–Kier alpha value is -3.47. The molecule has 2 N–H and O–H groups in total. The molecule has 0 amide bonds. The highest BCUT2D eigenvalue weighted by atomic mass is 35.5. The molecule has 0 fully saturated rings. The summed E-state index contributed by atoms with van der Waals surface area (Å²) in [7, 11) is 0. The molecule has 1 unspecified atom stereocenters. The summed E-state index contributed by atoms with van der Waals surface area (Å²) in [5, 5.41) is 20.7. The van der Waals surface area contributed by atoms with Gasteiger partial charge in [0.05, 0.1) is 16.9 Å². The van der Waals surface area contributed by atoms with Crippen molar-refractivity contribution in [3.63, 3.8) is 0 Å². The molecule has 176 valence electrons. The monoisotopic (exact) mass is 490 g/mol. The van der Waals surface area contributed by atoms with Crippen LogP contribution in [-0.2, 0) is 6.18 Å². The Morgan fingerprint density at radius 2 is 1.79 bits per heavy atom. The van der Waals surface area contributed by atoms with Crippen molar-refractivity contribution in [1.29, 1.82) is 0 Å². The lowest BCUT2D eigenvalue weighted by Gasteiger charge is -2.24. The van der Waals surface area contributed by atoms with Crippen LogP contribution in [0.5, 0.6) is 0 Å². The van der Waals surface area contributed by atoms with Crippen LogP contribution in [0.4, 0.5) is 19.1 Å². The molecular formula is C23H18ClF3N4O3. The maximum Gasteiger partial charge on any atom is 0.416 e. The van der Waals surface area contributed by atoms with Crippen LogP contribution in [-0.4, -0.2) is 37.7 Å². The predicted molar refractivity (Wildman–Crippen MR) is 122 cm³/mol. The molecule has 2 heterocycles. The van der Waals surface area contributed by atoms with Crippen molar-refractivity contribution in [1.82, 2.24) is 14.5 Å². The Morgan fingerprint density at radius 1 is 1.09 bits per heavy atom. The molecule has 0 saturated carbocycles. The van der Waals surface area contributed by atoms with E-state index in [9.17, 15) is 28.2 Å². The van der Waals surface area contributed by atoms with Crippen molar-refractivity contribution in [2.24, 2.45) is 0 Å². The number of halogens is 4. The fraction of sp³-hybridized carbons (Fsp3) is 0.174. The minimum Gasteiger partial charge on any atom is -0.376 e. The molecule has 34 heavy (non-hydrogen) atoms. The van der Waals surface area contributed by atoms with Gasteiger partial charge in [-0.1, -0.05) is 23.7 Å². The minimum absolute atomic E-state index is 0.0753. The van der Waals surface area contributed by atoms with E-state index in [1.807, 2.05) is 0 Å². The number of aliphatic hydroxyl groups is 2. The maximum atomic E-state index is 13.0. The first-order valence-electron chi connectivity index (χ1n) is 10.0. The number of rotatable bonds is 5. The second-order valence-electron chi connectivity index (χ2n) is 7.41. The lowest BCUT2D eigenvalue weighted by molar-refractivity contribution is -0.137. The molecule has 1 atom stereocenters. The number of aromatic nitrogens is 3. The van der Waals surface area contributed by atoms with Gasteiger partial charge in [0.15, 0.2) is 5.65 Å². The van der Waals surface area contributed by atoms with Gasteiger partial charge in [-0.25, -0.2) is 4.98 Å². The van der Waals surface area contributed by atoms with E-state index in [1.54, 1.807) is 24.3 Å². The predicted octanol–water partition coefficient (Wildman–Crippen LogP) is 4.21. The average Bonchev–Trinajstić information content (AvgIpc) is 2.78. The third-order valence-electron chi connectivity index (χ3n) is 5.15. The standard InChI is InChI=1S/C23H18ClF3N4O3/c1-13(33)30(12-32)22-28-20(14-3-2-4-16(24)11-14)18-9-10-19(34)31(21(18)29-22)17-7-5-15(6-8-17)23(25,26)27/h2-11,13,32-33H,12H2,1H3. The zero-order chi connectivity index (χ0) is 24.6. The first-order chi connectivity index (χ1) is 16.1. The van der Waals surface area contributed by atoms with E-state index in [-0.39, 0.29) is 17.3 Å². The fourth-order valence-electron chi connectivity index (χ4n) is 3.49. The van der Waals surface area contributed by atoms with E-state index in [0.29, 0.717) is 21.7 Å². The summed E-state index contributed by atoms with van der Waals surface area (Å²) in [6, 6.07) is 13.6. The van der Waals surface area contributed by atoms with Crippen molar-refractivity contribution in [3.05, 3.63) is 81.6 Å². The van der Waals surface area contributed by atoms with Crippen LogP contribution in [0.25, 0.3) is 28.0 Å². The SMILES string of the molecule is CC(O)N(CO)c1nc(-c2cccc(Cl)c2)c2ccc(=O)n(-c3ccc(C(F)(F)F)cc3)c2n1. The number of nitrogens with zero attached hydrogens (tertiary/aromatic N) is 4. The molecule has 0 aliphatic heterocycles. The molecule has 0 radical (unpaired) electrons. The highest BCUT2D eigenvalue weighted by molar-refractivity contribution is 6.30. The highest BCUT2D eigenvalue weighted by Crippen LogP contribution is 2.32. The van der Waals surface area contributed by atoms with Gasteiger partial charge in [0.25, 0.3) is 5.56 Å². The fourth-order valence-corrected chi connectivity index (χ4v) is 3.68. The van der Waals surface area contributed by atoms with E-state index in [0.717, 1.165) is 21.6 Å². The van der Waals surface area contributed by atoms with Crippen molar-refractivity contribution in [3.8, 4) is 16.9 Å². The average molecular weight is 491 g/mol. The van der Waals surface area contributed by atoms with Gasteiger partial charge in [-0.2, -0.15) is 18.2 Å². The number of fused-ring (bicyclic) bond motifs is 1. The van der Waals surface area contributed by atoms with Crippen molar-refractivity contribution >= 4 is 28.6 Å². The van der Waals surface area contributed by atoms with Crippen LogP contribution in [0.15, 0.2) is 65.5 Å². The number of anilines is 1. The van der Waals surface area contributed by atoms with Crippen molar-refractivity contribution in [2.75, 3.05) is 11.6 Å². The molecule has 0 saturated heterocycles. The summed E-state index contributed by atoms with van der Waals surface area (Å²) in [6.45, 7) is 0.770. The maximum absolute atomic E-state index is 13.0. The lowest BCUT2D eigenvalue weighted by Crippen LogP contribution is -2.35. The van der Waals surface area contributed by atoms with Crippen molar-refractivity contribution in [2.45, 2.75) is 19.3 Å². The van der Waals surface area contributed by atoms with Gasteiger partial charge in [0, 0.05) is 22.0 Å². The third kappa shape index (κ3) is 4.47. The second kappa shape index (κ2) is 9.05. The Bertz CT molecular complexity index is 1410. The highest BCUT2D eigenvalue weighted by Gasteiger charge is 2.30. The Morgan fingerprint density at radius 3 is 2.38 bits per heavy atom. The second-order valence-corrected chi connectivity index (χ2v) is 7.85. The van der Waals surface area contributed by atoms with Crippen LogP contribution in [0.1, 0.15) is 12.5 Å². The van der Waals surface area contributed by atoms with Gasteiger partial charge in [-0.15, -0.1) is 0 Å². The Kier molecular flexibility index (Phi) is 6.30. The van der Waals surface area contributed by atoms with Gasteiger partial charge in [0.1, 0.15) is 13.0 Å². The quantitative estimate of drug-likeness (QED) is 0.407. The van der Waals surface area contributed by atoms with Gasteiger partial charge >= 0.3 is 6.18 Å². The van der Waals surface area contributed by atoms with Gasteiger partial charge < -0.3 is 10.2 Å². The smallest absolute Gasteiger partial charge is 0.376 e. The molecule has 2 aromatic carbocycles. The van der Waals surface area contributed by atoms with E-state index >= 15 is 0 Å². The molecular weight excluding hydrogens is 473 g/mol. The molecule has 11 heteroatoms. The molecule has 4 aromatic rings. The first kappa shape index (κ1) is 23.7. The number of alkyl halides is 3. The number of benzene rings is 2. The molecule has 2 aromatic heterocycles. The van der Waals surface area contributed by atoms with Gasteiger partial charge in [-0.05, 0) is 49.4 Å². The molecule has 4 rings (SSSR count). The summed E-state index contributed by atoms with van der Waals surface area (Å²) < 4.78 is 40.2. The largest absolute Gasteiger partial charge is 0.416 e. The van der Waals surface area contributed by atoms with Crippen LogP contribution in [0, 0.1) is 0 Å². The summed E-state index contributed by atoms with van der Waals surface area (Å²) in [5.41, 5.74) is -0.254. The summed E-state index contributed by atoms with van der Waals surface area (Å²) >= 11 is 6.15. The van der Waals surface area contributed by atoms with E-state index in [1.165, 1.54) is 31.2 Å². The van der Waals surface area contributed by atoms with E-state index in [2.05, 4.69) is 9.97 Å². The van der Waals surface area contributed by atoms with Crippen LogP contribution in [0.3, 0.4) is 0 Å². The molecule has 0 spiro atoms.